The van der Waals surface area contributed by atoms with Crippen molar-refractivity contribution < 1.29 is 4.39 Å². The largest absolute Gasteiger partial charge is 0.361 e. The van der Waals surface area contributed by atoms with Crippen LogP contribution in [-0.4, -0.2) is 29.4 Å². The van der Waals surface area contributed by atoms with Gasteiger partial charge in [0.15, 0.2) is 11.2 Å². The van der Waals surface area contributed by atoms with Crippen molar-refractivity contribution in [1.82, 2.24) is 29.4 Å². The third-order valence-corrected chi connectivity index (χ3v) is 6.60. The number of aryl methyl sites for hydroxylation is 3. The fourth-order valence-corrected chi connectivity index (χ4v) is 4.69. The Balaban J connectivity index is 1.41. The zero-order valence-corrected chi connectivity index (χ0v) is 19.6. The number of fused-ring (bicyclic) bond motifs is 4. The molecule has 6 aromatic rings. The van der Waals surface area contributed by atoms with Crippen LogP contribution in [0.3, 0.4) is 0 Å². The van der Waals surface area contributed by atoms with Gasteiger partial charge in [0.2, 0.25) is 0 Å². The van der Waals surface area contributed by atoms with Gasteiger partial charge in [-0.2, -0.15) is 5.10 Å². The molecule has 0 aliphatic carbocycles. The van der Waals surface area contributed by atoms with E-state index in [1.807, 2.05) is 43.5 Å². The van der Waals surface area contributed by atoms with Crippen LogP contribution in [0.25, 0.3) is 38.7 Å². The first-order valence-corrected chi connectivity index (χ1v) is 11.7. The summed E-state index contributed by atoms with van der Waals surface area (Å²) in [6, 6.07) is 14.0. The summed E-state index contributed by atoms with van der Waals surface area (Å²) in [4.78, 5) is 16.4. The van der Waals surface area contributed by atoms with Crippen molar-refractivity contribution in [3.8, 4) is 11.1 Å². The lowest BCUT2D eigenvalue weighted by atomic mass is 10.0. The fourth-order valence-electron chi connectivity index (χ4n) is 4.56. The molecule has 2 aromatic carbocycles. The molecule has 0 saturated heterocycles. The van der Waals surface area contributed by atoms with Gasteiger partial charge in [0.1, 0.15) is 11.3 Å². The van der Waals surface area contributed by atoms with Crippen molar-refractivity contribution in [2.75, 3.05) is 0 Å². The molecule has 0 fully saturated rings. The minimum absolute atomic E-state index is 0.246. The molecule has 35 heavy (non-hydrogen) atoms. The van der Waals surface area contributed by atoms with Crippen LogP contribution in [0.15, 0.2) is 65.7 Å². The SMILES string of the molecule is CCc1nn2c(nnc3c(=O)n(CCc4c[nH]c5ccc(F)cc45)ccc32)c1-c1ccc(Cl)cc1. The van der Waals surface area contributed by atoms with E-state index in [0.717, 1.165) is 33.3 Å². The lowest BCUT2D eigenvalue weighted by Gasteiger charge is -2.07. The van der Waals surface area contributed by atoms with E-state index in [0.29, 0.717) is 35.6 Å². The summed E-state index contributed by atoms with van der Waals surface area (Å²) in [6.07, 6.45) is 4.86. The van der Waals surface area contributed by atoms with Gasteiger partial charge in [0.05, 0.1) is 11.3 Å². The van der Waals surface area contributed by atoms with Crippen molar-refractivity contribution >= 4 is 39.2 Å². The molecule has 9 heteroatoms. The second-order valence-corrected chi connectivity index (χ2v) is 8.86. The highest BCUT2D eigenvalue weighted by Gasteiger charge is 2.19. The van der Waals surface area contributed by atoms with Crippen LogP contribution in [-0.2, 0) is 19.4 Å². The van der Waals surface area contributed by atoms with Crippen LogP contribution in [0.2, 0.25) is 5.02 Å². The van der Waals surface area contributed by atoms with E-state index in [9.17, 15) is 9.18 Å². The second kappa shape index (κ2) is 8.32. The summed E-state index contributed by atoms with van der Waals surface area (Å²) < 4.78 is 17.0. The highest BCUT2D eigenvalue weighted by atomic mass is 35.5. The standard InChI is InChI=1S/C26H20ClFN6O/c1-2-20-23(15-3-5-17(27)6-4-15)25-31-30-24-22(34(25)32-20)10-12-33(26(24)35)11-9-16-14-29-21-8-7-18(28)13-19(16)21/h3-8,10,12-14,29H,2,9,11H2,1H3. The Bertz CT molecular complexity index is 1780. The van der Waals surface area contributed by atoms with Crippen molar-refractivity contribution in [2.45, 2.75) is 26.3 Å². The number of nitrogens with one attached hydrogen (secondary N) is 1. The van der Waals surface area contributed by atoms with Gasteiger partial charge in [-0.3, -0.25) is 4.79 Å². The number of hydrogen-bond acceptors (Lipinski definition) is 4. The van der Waals surface area contributed by atoms with Gasteiger partial charge < -0.3 is 9.55 Å². The fraction of sp³-hybridized carbons (Fsp3) is 0.154. The number of halogens is 2. The molecule has 0 amide bonds. The predicted octanol–water partition coefficient (Wildman–Crippen LogP) is 5.19. The second-order valence-electron chi connectivity index (χ2n) is 8.42. The van der Waals surface area contributed by atoms with Crippen LogP contribution in [0, 0.1) is 5.82 Å². The van der Waals surface area contributed by atoms with Gasteiger partial charge in [-0.25, -0.2) is 8.91 Å². The normalized spacial score (nSPS) is 11.7. The maximum Gasteiger partial charge on any atom is 0.280 e. The van der Waals surface area contributed by atoms with E-state index in [-0.39, 0.29) is 16.9 Å². The number of rotatable bonds is 5. The quantitative estimate of drug-likeness (QED) is 0.364. The summed E-state index contributed by atoms with van der Waals surface area (Å²) >= 11 is 6.06. The Hall–Kier alpha value is -4.04. The molecule has 0 aliphatic heterocycles. The van der Waals surface area contributed by atoms with Crippen molar-refractivity contribution in [3.63, 3.8) is 0 Å². The zero-order valence-electron chi connectivity index (χ0n) is 18.8. The van der Waals surface area contributed by atoms with E-state index in [1.165, 1.54) is 12.1 Å². The highest BCUT2D eigenvalue weighted by molar-refractivity contribution is 6.30. The highest BCUT2D eigenvalue weighted by Crippen LogP contribution is 2.30. The Kier molecular flexibility index (Phi) is 5.11. The van der Waals surface area contributed by atoms with Crippen LogP contribution in [0.4, 0.5) is 4.39 Å². The maximum atomic E-state index is 13.7. The summed E-state index contributed by atoms with van der Waals surface area (Å²) in [5.74, 6) is -0.288. The Labute approximate surface area is 203 Å². The van der Waals surface area contributed by atoms with E-state index in [4.69, 9.17) is 16.7 Å². The van der Waals surface area contributed by atoms with Crippen LogP contribution in [0.5, 0.6) is 0 Å². The molecule has 0 saturated carbocycles. The molecule has 0 bridgehead atoms. The van der Waals surface area contributed by atoms with Gasteiger partial charge in [0.25, 0.3) is 5.56 Å². The average Bonchev–Trinajstić information content (AvgIpc) is 3.45. The molecule has 0 radical (unpaired) electrons. The number of hydrogen-bond donors (Lipinski definition) is 1. The number of benzene rings is 2. The Morgan fingerprint density at radius 2 is 1.91 bits per heavy atom. The first kappa shape index (κ1) is 21.5. The van der Waals surface area contributed by atoms with Gasteiger partial charge in [0, 0.05) is 34.9 Å². The Morgan fingerprint density at radius 1 is 1.09 bits per heavy atom. The topological polar surface area (TPSA) is 80.9 Å². The van der Waals surface area contributed by atoms with E-state index >= 15 is 0 Å². The molecular weight excluding hydrogens is 467 g/mol. The molecule has 6 rings (SSSR count). The van der Waals surface area contributed by atoms with Crippen LogP contribution >= 0.6 is 11.6 Å². The van der Waals surface area contributed by atoms with Crippen LogP contribution < -0.4 is 5.56 Å². The molecule has 0 aliphatic rings. The summed E-state index contributed by atoms with van der Waals surface area (Å²) in [7, 11) is 0. The smallest absolute Gasteiger partial charge is 0.280 e. The van der Waals surface area contributed by atoms with E-state index in [2.05, 4.69) is 15.2 Å². The first-order chi connectivity index (χ1) is 17.0. The van der Waals surface area contributed by atoms with Crippen molar-refractivity contribution in [2.24, 2.45) is 0 Å². The van der Waals surface area contributed by atoms with E-state index < -0.39 is 0 Å². The molecule has 4 heterocycles. The van der Waals surface area contributed by atoms with Gasteiger partial charge >= 0.3 is 0 Å². The molecule has 1 N–H and O–H groups in total. The minimum Gasteiger partial charge on any atom is -0.361 e. The Morgan fingerprint density at radius 3 is 2.71 bits per heavy atom. The zero-order chi connectivity index (χ0) is 24.1. The van der Waals surface area contributed by atoms with Gasteiger partial charge in [-0.1, -0.05) is 30.7 Å². The average molecular weight is 487 g/mol. The predicted molar refractivity (Wildman–Crippen MR) is 134 cm³/mol. The number of nitrogens with zero attached hydrogens (tertiary/aromatic N) is 5. The number of aromatic nitrogens is 6. The monoisotopic (exact) mass is 486 g/mol. The lowest BCUT2D eigenvalue weighted by Crippen LogP contribution is -2.22. The number of pyridine rings is 1. The van der Waals surface area contributed by atoms with Crippen LogP contribution in [0.1, 0.15) is 18.2 Å². The molecular formula is C26H20ClFN6O. The molecule has 4 aromatic heterocycles. The van der Waals surface area contributed by atoms with Gasteiger partial charge in [-0.15, -0.1) is 10.2 Å². The maximum absolute atomic E-state index is 13.7. The van der Waals surface area contributed by atoms with Gasteiger partial charge in [-0.05, 0) is 60.4 Å². The molecule has 0 spiro atoms. The third-order valence-electron chi connectivity index (χ3n) is 6.34. The molecule has 174 valence electrons. The molecule has 0 atom stereocenters. The van der Waals surface area contributed by atoms with Crippen molar-refractivity contribution in [1.29, 1.82) is 0 Å². The molecule has 7 nitrogen and oxygen atoms in total. The number of H-pyrrole nitrogens is 1. The van der Waals surface area contributed by atoms with Crippen molar-refractivity contribution in [3.05, 3.63) is 93.4 Å². The summed E-state index contributed by atoms with van der Waals surface area (Å²) in [6.45, 7) is 2.45. The molecule has 0 unspecified atom stereocenters. The third kappa shape index (κ3) is 3.57. The lowest BCUT2D eigenvalue weighted by molar-refractivity contribution is 0.629. The summed E-state index contributed by atoms with van der Waals surface area (Å²) in [5, 5.41) is 14.9. The van der Waals surface area contributed by atoms with E-state index in [1.54, 1.807) is 21.3 Å². The minimum atomic E-state index is -0.288. The summed E-state index contributed by atoms with van der Waals surface area (Å²) in [5.41, 5.74) is 5.69. The first-order valence-electron chi connectivity index (χ1n) is 11.3. The number of aromatic amines is 1.